The van der Waals surface area contributed by atoms with Crippen LogP contribution in [0.2, 0.25) is 0 Å². The number of methoxy groups -OCH3 is 1. The molecule has 5 heteroatoms. The molecule has 4 nitrogen and oxygen atoms in total. The lowest BCUT2D eigenvalue weighted by Crippen LogP contribution is -2.07. The van der Waals surface area contributed by atoms with Crippen molar-refractivity contribution in [1.82, 2.24) is 0 Å². The van der Waals surface area contributed by atoms with Gasteiger partial charge in [-0.05, 0) is 28.1 Å². The molecular weight excluding hydrogens is 262 g/mol. The highest BCUT2D eigenvalue weighted by atomic mass is 79.9. The van der Waals surface area contributed by atoms with Gasteiger partial charge in [-0.2, -0.15) is 5.26 Å². The van der Waals surface area contributed by atoms with E-state index < -0.39 is 5.97 Å². The molecular formula is C10H6BrNO3. The molecule has 1 aromatic carbocycles. The molecule has 0 saturated carbocycles. The van der Waals surface area contributed by atoms with Crippen molar-refractivity contribution in [2.24, 2.45) is 0 Å². The van der Waals surface area contributed by atoms with Crippen LogP contribution in [-0.4, -0.2) is 19.4 Å². The highest BCUT2D eigenvalue weighted by Crippen LogP contribution is 2.24. The topological polar surface area (TPSA) is 67.2 Å². The first kappa shape index (κ1) is 11.4. The fourth-order valence-electron chi connectivity index (χ4n) is 1.09. The summed E-state index contributed by atoms with van der Waals surface area (Å²) in [7, 11) is 1.21. The first-order chi connectivity index (χ1) is 7.15. The van der Waals surface area contributed by atoms with Crippen molar-refractivity contribution in [3.63, 3.8) is 0 Å². The molecule has 0 atom stereocenters. The minimum absolute atomic E-state index is 0.0755. The summed E-state index contributed by atoms with van der Waals surface area (Å²) in [5, 5.41) is 8.74. The Kier molecular flexibility index (Phi) is 3.58. The van der Waals surface area contributed by atoms with E-state index in [9.17, 15) is 9.59 Å². The average molecular weight is 268 g/mol. The molecule has 0 aliphatic rings. The number of hydrogen-bond donors (Lipinski definition) is 0. The largest absolute Gasteiger partial charge is 0.465 e. The molecule has 0 aliphatic heterocycles. The van der Waals surface area contributed by atoms with Gasteiger partial charge in [-0.15, -0.1) is 0 Å². The predicted octanol–water partition coefficient (Wildman–Crippen LogP) is 1.92. The normalized spacial score (nSPS) is 9.13. The third-order valence-corrected chi connectivity index (χ3v) is 2.63. The molecule has 0 aliphatic carbocycles. The molecule has 0 saturated heterocycles. The summed E-state index contributed by atoms with van der Waals surface area (Å²) >= 11 is 3.09. The van der Waals surface area contributed by atoms with E-state index in [0.717, 1.165) is 0 Å². The summed E-state index contributed by atoms with van der Waals surface area (Å²) in [4.78, 5) is 22.0. The number of esters is 1. The first-order valence-electron chi connectivity index (χ1n) is 3.91. The molecule has 0 unspecified atom stereocenters. The van der Waals surface area contributed by atoms with Gasteiger partial charge in [-0.25, -0.2) is 4.79 Å². The molecule has 0 fully saturated rings. The van der Waals surface area contributed by atoms with Crippen LogP contribution >= 0.6 is 15.9 Å². The first-order valence-corrected chi connectivity index (χ1v) is 4.71. The van der Waals surface area contributed by atoms with Crippen LogP contribution < -0.4 is 0 Å². The van der Waals surface area contributed by atoms with Gasteiger partial charge in [0.15, 0.2) is 6.29 Å². The van der Waals surface area contributed by atoms with Crippen LogP contribution in [0.4, 0.5) is 0 Å². The minimum Gasteiger partial charge on any atom is -0.465 e. The highest BCUT2D eigenvalue weighted by molar-refractivity contribution is 9.10. The summed E-state index contributed by atoms with van der Waals surface area (Å²) in [5.41, 5.74) is 0.542. The quantitative estimate of drug-likeness (QED) is 0.607. The molecule has 0 amide bonds. The summed E-state index contributed by atoms with van der Waals surface area (Å²) in [6.45, 7) is 0. The number of aldehydes is 1. The van der Waals surface area contributed by atoms with Gasteiger partial charge in [0.25, 0.3) is 0 Å². The standard InChI is InChI=1S/C10H6BrNO3/c1-15-10(14)8-7(5-13)3-2-6(4-12)9(8)11/h2-3,5H,1H3. The number of carbonyl (C=O) groups excluding carboxylic acids is 2. The summed E-state index contributed by atoms with van der Waals surface area (Å²) in [6, 6.07) is 4.76. The molecule has 0 bridgehead atoms. The molecule has 76 valence electrons. The third kappa shape index (κ3) is 2.05. The zero-order valence-corrected chi connectivity index (χ0v) is 9.37. The molecule has 0 aromatic heterocycles. The number of ether oxygens (including phenoxy) is 1. The van der Waals surface area contributed by atoms with Crippen LogP contribution in [0.3, 0.4) is 0 Å². The zero-order valence-electron chi connectivity index (χ0n) is 7.78. The van der Waals surface area contributed by atoms with Gasteiger partial charge in [0.1, 0.15) is 6.07 Å². The maximum absolute atomic E-state index is 11.4. The Balaban J connectivity index is 3.50. The molecule has 15 heavy (non-hydrogen) atoms. The van der Waals surface area contributed by atoms with Crippen LogP contribution in [0.1, 0.15) is 26.3 Å². The number of halogens is 1. The van der Waals surface area contributed by atoms with Gasteiger partial charge >= 0.3 is 5.97 Å². The van der Waals surface area contributed by atoms with Crippen molar-refractivity contribution in [3.8, 4) is 6.07 Å². The predicted molar refractivity (Wildman–Crippen MR) is 55.6 cm³/mol. The monoisotopic (exact) mass is 267 g/mol. The Morgan fingerprint density at radius 1 is 1.60 bits per heavy atom. The molecule has 1 aromatic rings. The second kappa shape index (κ2) is 4.71. The highest BCUT2D eigenvalue weighted by Gasteiger charge is 2.18. The fourth-order valence-corrected chi connectivity index (χ4v) is 1.70. The van der Waals surface area contributed by atoms with Crippen LogP contribution in [0.15, 0.2) is 16.6 Å². The Morgan fingerprint density at radius 2 is 2.27 bits per heavy atom. The lowest BCUT2D eigenvalue weighted by molar-refractivity contribution is 0.0597. The number of benzene rings is 1. The zero-order chi connectivity index (χ0) is 11.4. The van der Waals surface area contributed by atoms with E-state index in [1.165, 1.54) is 19.2 Å². The number of carbonyl (C=O) groups is 2. The molecule has 0 N–H and O–H groups in total. The van der Waals surface area contributed by atoms with Crippen molar-refractivity contribution in [1.29, 1.82) is 5.26 Å². The Hall–Kier alpha value is -1.67. The summed E-state index contributed by atoms with van der Waals surface area (Å²) < 4.78 is 4.80. The fraction of sp³-hybridized carbons (Fsp3) is 0.100. The van der Waals surface area contributed by atoms with E-state index in [1.807, 2.05) is 6.07 Å². The number of nitrogens with zero attached hydrogens (tertiary/aromatic N) is 1. The van der Waals surface area contributed by atoms with Crippen molar-refractivity contribution in [3.05, 3.63) is 33.3 Å². The number of hydrogen-bond acceptors (Lipinski definition) is 4. The van der Waals surface area contributed by atoms with Crippen molar-refractivity contribution < 1.29 is 14.3 Å². The van der Waals surface area contributed by atoms with Crippen LogP contribution in [0.25, 0.3) is 0 Å². The van der Waals surface area contributed by atoms with Gasteiger partial charge in [0, 0.05) is 5.56 Å². The average Bonchev–Trinajstić information content (AvgIpc) is 2.27. The van der Waals surface area contributed by atoms with E-state index in [2.05, 4.69) is 20.7 Å². The van der Waals surface area contributed by atoms with Gasteiger partial charge in [-0.3, -0.25) is 4.79 Å². The smallest absolute Gasteiger partial charge is 0.339 e. The lowest BCUT2D eigenvalue weighted by Gasteiger charge is -2.06. The van der Waals surface area contributed by atoms with Gasteiger partial charge < -0.3 is 4.74 Å². The van der Waals surface area contributed by atoms with Gasteiger partial charge in [0.05, 0.1) is 22.7 Å². The van der Waals surface area contributed by atoms with Crippen LogP contribution in [0, 0.1) is 11.3 Å². The van der Waals surface area contributed by atoms with E-state index >= 15 is 0 Å². The Bertz CT molecular complexity index is 462. The van der Waals surface area contributed by atoms with E-state index in [1.54, 1.807) is 0 Å². The molecule has 0 radical (unpaired) electrons. The van der Waals surface area contributed by atoms with Crippen molar-refractivity contribution >= 4 is 28.2 Å². The van der Waals surface area contributed by atoms with Crippen molar-refractivity contribution in [2.75, 3.05) is 7.11 Å². The Morgan fingerprint density at radius 3 is 2.73 bits per heavy atom. The van der Waals surface area contributed by atoms with E-state index in [0.29, 0.717) is 6.29 Å². The Labute approximate surface area is 94.6 Å². The lowest BCUT2D eigenvalue weighted by atomic mass is 10.1. The third-order valence-electron chi connectivity index (χ3n) is 1.81. The second-order valence-electron chi connectivity index (χ2n) is 2.61. The molecule has 0 spiro atoms. The number of nitriles is 1. The summed E-state index contributed by atoms with van der Waals surface area (Å²) in [6.07, 6.45) is 0.540. The SMILES string of the molecule is COC(=O)c1c(C=O)ccc(C#N)c1Br. The number of rotatable bonds is 2. The van der Waals surface area contributed by atoms with Gasteiger partial charge in [-0.1, -0.05) is 0 Å². The second-order valence-corrected chi connectivity index (χ2v) is 3.41. The van der Waals surface area contributed by atoms with Crippen molar-refractivity contribution in [2.45, 2.75) is 0 Å². The minimum atomic E-state index is -0.652. The summed E-state index contributed by atoms with van der Waals surface area (Å²) in [5.74, 6) is -0.652. The van der Waals surface area contributed by atoms with Crippen LogP contribution in [-0.2, 0) is 4.74 Å². The maximum atomic E-state index is 11.4. The molecule has 0 heterocycles. The van der Waals surface area contributed by atoms with E-state index in [-0.39, 0.29) is 21.2 Å². The van der Waals surface area contributed by atoms with Gasteiger partial charge in [0.2, 0.25) is 0 Å². The molecule has 1 rings (SSSR count). The maximum Gasteiger partial charge on any atom is 0.339 e. The van der Waals surface area contributed by atoms with E-state index in [4.69, 9.17) is 5.26 Å². The van der Waals surface area contributed by atoms with Crippen LogP contribution in [0.5, 0.6) is 0 Å².